The molecule has 2 aliphatic heterocycles. The maximum atomic E-state index is 12.0. The summed E-state index contributed by atoms with van der Waals surface area (Å²) in [6.45, 7) is 1.64. The van der Waals surface area contributed by atoms with Crippen LogP contribution in [0, 0.1) is 0 Å². The van der Waals surface area contributed by atoms with Crippen LogP contribution in [0.1, 0.15) is 11.1 Å². The van der Waals surface area contributed by atoms with E-state index < -0.39 is 22.0 Å². The summed E-state index contributed by atoms with van der Waals surface area (Å²) in [6, 6.07) is 7.35. The van der Waals surface area contributed by atoms with Crippen LogP contribution in [-0.4, -0.2) is 54.5 Å². The standard InChI is InChI=1S/C14H18N2O4S/c17-13-9-21(19,20)8-12(13)15-14(18)7-16-5-10-3-1-2-4-11(10)6-16/h1-4,12-13,17H,5-9H2,(H,15,18)/t12-,13-/m1/s1. The molecule has 0 radical (unpaired) electrons. The molecule has 6 nitrogen and oxygen atoms in total. The molecular weight excluding hydrogens is 292 g/mol. The zero-order valence-corrected chi connectivity index (χ0v) is 12.3. The van der Waals surface area contributed by atoms with E-state index in [1.54, 1.807) is 0 Å². The van der Waals surface area contributed by atoms with Crippen molar-refractivity contribution in [1.29, 1.82) is 0 Å². The lowest BCUT2D eigenvalue weighted by Crippen LogP contribution is -2.46. The smallest absolute Gasteiger partial charge is 0.234 e. The number of carbonyl (C=O) groups is 1. The number of hydrogen-bond donors (Lipinski definition) is 2. The van der Waals surface area contributed by atoms with Gasteiger partial charge in [-0.15, -0.1) is 0 Å². The summed E-state index contributed by atoms with van der Waals surface area (Å²) >= 11 is 0. The molecule has 1 saturated heterocycles. The van der Waals surface area contributed by atoms with E-state index in [1.807, 2.05) is 29.2 Å². The first kappa shape index (κ1) is 14.5. The van der Waals surface area contributed by atoms with Gasteiger partial charge in [-0.1, -0.05) is 24.3 Å². The molecule has 0 aromatic heterocycles. The number of hydrogen-bond acceptors (Lipinski definition) is 5. The van der Waals surface area contributed by atoms with Crippen molar-refractivity contribution in [2.45, 2.75) is 25.2 Å². The van der Waals surface area contributed by atoms with Crippen LogP contribution < -0.4 is 5.32 Å². The zero-order chi connectivity index (χ0) is 15.0. The van der Waals surface area contributed by atoms with Gasteiger partial charge in [0, 0.05) is 13.1 Å². The largest absolute Gasteiger partial charge is 0.390 e. The first-order valence-electron chi connectivity index (χ1n) is 6.90. The summed E-state index contributed by atoms with van der Waals surface area (Å²) in [5.41, 5.74) is 2.43. The second kappa shape index (κ2) is 5.40. The zero-order valence-electron chi connectivity index (χ0n) is 11.5. The van der Waals surface area contributed by atoms with Crippen molar-refractivity contribution in [1.82, 2.24) is 10.2 Å². The van der Waals surface area contributed by atoms with Gasteiger partial charge >= 0.3 is 0 Å². The molecular formula is C14H18N2O4S. The normalized spacial score (nSPS) is 27.5. The first-order valence-corrected chi connectivity index (χ1v) is 8.72. The third-order valence-electron chi connectivity index (χ3n) is 3.94. The SMILES string of the molecule is O=C(CN1Cc2ccccc2C1)N[C@@H]1CS(=O)(=O)C[C@H]1O. The molecule has 2 aliphatic rings. The summed E-state index contributed by atoms with van der Waals surface area (Å²) in [5, 5.41) is 12.3. The minimum atomic E-state index is -3.24. The van der Waals surface area contributed by atoms with Crippen LogP contribution in [0.3, 0.4) is 0 Å². The predicted molar refractivity (Wildman–Crippen MR) is 77.1 cm³/mol. The van der Waals surface area contributed by atoms with E-state index >= 15 is 0 Å². The van der Waals surface area contributed by atoms with Gasteiger partial charge in [0.25, 0.3) is 0 Å². The van der Waals surface area contributed by atoms with Gasteiger partial charge in [-0.2, -0.15) is 0 Å². The third-order valence-corrected chi connectivity index (χ3v) is 5.66. The lowest BCUT2D eigenvalue weighted by molar-refractivity contribution is -0.123. The fourth-order valence-corrected chi connectivity index (χ4v) is 4.68. The van der Waals surface area contributed by atoms with Gasteiger partial charge in [-0.25, -0.2) is 8.42 Å². The highest BCUT2D eigenvalue weighted by Gasteiger charge is 2.37. The van der Waals surface area contributed by atoms with Crippen LogP contribution in [0.2, 0.25) is 0 Å². The third kappa shape index (κ3) is 3.25. The average molecular weight is 310 g/mol. The number of fused-ring (bicyclic) bond motifs is 1. The number of nitrogens with zero attached hydrogens (tertiary/aromatic N) is 1. The number of amides is 1. The fraction of sp³-hybridized carbons (Fsp3) is 0.500. The maximum absolute atomic E-state index is 12.0. The first-order chi connectivity index (χ1) is 9.93. The number of benzene rings is 1. The molecule has 3 rings (SSSR count). The predicted octanol–water partition coefficient (Wildman–Crippen LogP) is -0.724. The Morgan fingerprint density at radius 1 is 1.24 bits per heavy atom. The fourth-order valence-electron chi connectivity index (χ4n) is 2.94. The van der Waals surface area contributed by atoms with E-state index in [2.05, 4.69) is 5.32 Å². The molecule has 0 spiro atoms. The average Bonchev–Trinajstić information content (AvgIpc) is 2.89. The quantitative estimate of drug-likeness (QED) is 0.769. The number of aliphatic hydroxyl groups excluding tert-OH is 1. The number of nitrogens with one attached hydrogen (secondary N) is 1. The highest BCUT2D eigenvalue weighted by Crippen LogP contribution is 2.21. The lowest BCUT2D eigenvalue weighted by Gasteiger charge is -2.18. The van der Waals surface area contributed by atoms with Crippen LogP contribution >= 0.6 is 0 Å². The van der Waals surface area contributed by atoms with Crippen LogP contribution in [0.4, 0.5) is 0 Å². The van der Waals surface area contributed by atoms with Crippen LogP contribution in [0.15, 0.2) is 24.3 Å². The van der Waals surface area contributed by atoms with Gasteiger partial charge in [0.15, 0.2) is 9.84 Å². The van der Waals surface area contributed by atoms with Gasteiger partial charge in [0.2, 0.25) is 5.91 Å². The van der Waals surface area contributed by atoms with Gasteiger partial charge in [-0.05, 0) is 11.1 Å². The molecule has 21 heavy (non-hydrogen) atoms. The highest BCUT2D eigenvalue weighted by atomic mass is 32.2. The Hall–Kier alpha value is -1.44. The monoisotopic (exact) mass is 310 g/mol. The summed E-state index contributed by atoms with van der Waals surface area (Å²) in [6.07, 6.45) is -1.00. The minimum Gasteiger partial charge on any atom is -0.390 e. The molecule has 2 N–H and O–H groups in total. The van der Waals surface area contributed by atoms with Crippen molar-refractivity contribution in [3.8, 4) is 0 Å². The number of sulfone groups is 1. The molecule has 1 aromatic rings. The van der Waals surface area contributed by atoms with E-state index in [0.717, 1.165) is 13.1 Å². The van der Waals surface area contributed by atoms with Crippen molar-refractivity contribution in [2.75, 3.05) is 18.1 Å². The van der Waals surface area contributed by atoms with Gasteiger partial charge < -0.3 is 10.4 Å². The second-order valence-electron chi connectivity index (χ2n) is 5.73. The maximum Gasteiger partial charge on any atom is 0.234 e. The van der Waals surface area contributed by atoms with E-state index in [1.165, 1.54) is 11.1 Å². The highest BCUT2D eigenvalue weighted by molar-refractivity contribution is 7.91. The van der Waals surface area contributed by atoms with Crippen molar-refractivity contribution >= 4 is 15.7 Å². The molecule has 1 amide bonds. The Bertz CT molecular complexity index is 634. The van der Waals surface area contributed by atoms with E-state index in [-0.39, 0.29) is 24.0 Å². The van der Waals surface area contributed by atoms with Crippen LogP contribution in [-0.2, 0) is 27.7 Å². The molecule has 0 bridgehead atoms. The Morgan fingerprint density at radius 2 is 1.86 bits per heavy atom. The summed E-state index contributed by atoms with van der Waals surface area (Å²) in [4.78, 5) is 14.0. The lowest BCUT2D eigenvalue weighted by atomic mass is 10.1. The minimum absolute atomic E-state index is 0.180. The molecule has 2 heterocycles. The van der Waals surface area contributed by atoms with E-state index in [4.69, 9.17) is 0 Å². The van der Waals surface area contributed by atoms with Gasteiger partial charge in [-0.3, -0.25) is 9.69 Å². The molecule has 1 fully saturated rings. The molecule has 0 aliphatic carbocycles. The molecule has 0 unspecified atom stereocenters. The molecule has 1 aromatic carbocycles. The van der Waals surface area contributed by atoms with Crippen molar-refractivity contribution < 1.29 is 18.3 Å². The van der Waals surface area contributed by atoms with Crippen molar-refractivity contribution in [3.63, 3.8) is 0 Å². The summed E-state index contributed by atoms with van der Waals surface area (Å²) < 4.78 is 22.8. The molecule has 2 atom stereocenters. The number of aliphatic hydroxyl groups is 1. The molecule has 7 heteroatoms. The summed E-state index contributed by atoms with van der Waals surface area (Å²) in [7, 11) is -3.24. The van der Waals surface area contributed by atoms with Crippen LogP contribution in [0.5, 0.6) is 0 Å². The van der Waals surface area contributed by atoms with Crippen molar-refractivity contribution in [3.05, 3.63) is 35.4 Å². The second-order valence-corrected chi connectivity index (χ2v) is 7.89. The van der Waals surface area contributed by atoms with Gasteiger partial charge in [0.05, 0.1) is 30.2 Å². The Kier molecular flexibility index (Phi) is 3.73. The number of carbonyl (C=O) groups excluding carboxylic acids is 1. The Labute approximate surface area is 123 Å². The Balaban J connectivity index is 1.54. The molecule has 114 valence electrons. The topological polar surface area (TPSA) is 86.7 Å². The van der Waals surface area contributed by atoms with E-state index in [0.29, 0.717) is 0 Å². The summed E-state index contributed by atoms with van der Waals surface area (Å²) in [5.74, 6) is -0.697. The van der Waals surface area contributed by atoms with E-state index in [9.17, 15) is 18.3 Å². The number of rotatable bonds is 3. The van der Waals surface area contributed by atoms with Gasteiger partial charge in [0.1, 0.15) is 0 Å². The van der Waals surface area contributed by atoms with Crippen LogP contribution in [0.25, 0.3) is 0 Å². The Morgan fingerprint density at radius 3 is 2.38 bits per heavy atom. The van der Waals surface area contributed by atoms with Crippen molar-refractivity contribution in [2.24, 2.45) is 0 Å². The molecule has 0 saturated carbocycles.